The molecule has 0 aromatic carbocycles. The number of aromatic amines is 1. The Balaban J connectivity index is 0.000000755. The van der Waals surface area contributed by atoms with Crippen LogP contribution in [0, 0.1) is 6.92 Å². The molecule has 0 bridgehead atoms. The number of aromatic nitrogens is 5. The highest BCUT2D eigenvalue weighted by Crippen LogP contribution is 2.32. The first-order valence-electron chi connectivity index (χ1n) is 9.07. The van der Waals surface area contributed by atoms with E-state index in [1.165, 1.54) is 0 Å². The van der Waals surface area contributed by atoms with Crippen LogP contribution in [0.1, 0.15) is 28.7 Å². The molecule has 0 saturated carbocycles. The summed E-state index contributed by atoms with van der Waals surface area (Å²) in [4.78, 5) is 35.1. The lowest BCUT2D eigenvalue weighted by atomic mass is 9.97. The maximum Gasteiger partial charge on any atom is 0.290 e. The lowest BCUT2D eigenvalue weighted by Crippen LogP contribution is -2.41. The first-order valence-corrected chi connectivity index (χ1v) is 9.07. The number of rotatable bonds is 4. The van der Waals surface area contributed by atoms with E-state index >= 15 is 0 Å². The molecule has 1 atom stereocenters. The van der Waals surface area contributed by atoms with E-state index in [1.807, 2.05) is 32.3 Å². The molecule has 1 aliphatic rings. The van der Waals surface area contributed by atoms with Crippen molar-refractivity contribution in [1.82, 2.24) is 29.6 Å². The zero-order chi connectivity index (χ0) is 20.8. The quantitative estimate of drug-likeness (QED) is 0.563. The Hall–Kier alpha value is -3.53. The molecule has 1 unspecified atom stereocenters. The summed E-state index contributed by atoms with van der Waals surface area (Å²) >= 11 is 0. The molecule has 3 aromatic heterocycles. The smallest absolute Gasteiger partial charge is 0.290 e. The number of pyridine rings is 1. The maximum atomic E-state index is 12.6. The highest BCUT2D eigenvalue weighted by molar-refractivity contribution is 5.92. The molecule has 4 heterocycles. The van der Waals surface area contributed by atoms with Crippen molar-refractivity contribution >= 4 is 18.1 Å². The number of nitrogens with one attached hydrogen (secondary N) is 2. The Morgan fingerprint density at radius 3 is 2.90 bits per heavy atom. The van der Waals surface area contributed by atoms with Gasteiger partial charge in [0.05, 0.1) is 42.2 Å². The minimum Gasteiger partial charge on any atom is -0.483 e. The Labute approximate surface area is 167 Å². The van der Waals surface area contributed by atoms with Gasteiger partial charge in [0.1, 0.15) is 0 Å². The highest BCUT2D eigenvalue weighted by atomic mass is 16.3. The van der Waals surface area contributed by atoms with Crippen LogP contribution in [-0.4, -0.2) is 60.2 Å². The third-order valence-electron chi connectivity index (χ3n) is 4.88. The van der Waals surface area contributed by atoms with E-state index in [0.29, 0.717) is 0 Å². The number of hydrogen-bond donors (Lipinski definition) is 3. The monoisotopic (exact) mass is 397 g/mol. The molecule has 152 valence electrons. The number of carbonyl (C=O) groups excluding carboxylic acids is 1. The summed E-state index contributed by atoms with van der Waals surface area (Å²) in [5.41, 5.74) is 4.79. The predicted octanol–water partition coefficient (Wildman–Crippen LogP) is 1.13. The molecule has 10 nitrogen and oxygen atoms in total. The van der Waals surface area contributed by atoms with Gasteiger partial charge in [-0.15, -0.1) is 0 Å². The van der Waals surface area contributed by atoms with Crippen LogP contribution in [0.5, 0.6) is 0 Å². The molecule has 0 fully saturated rings. The van der Waals surface area contributed by atoms with Crippen LogP contribution < -0.4 is 5.32 Å². The molecule has 0 saturated heterocycles. The average Bonchev–Trinajstić information content (AvgIpc) is 3.31. The highest BCUT2D eigenvalue weighted by Gasteiger charge is 2.32. The summed E-state index contributed by atoms with van der Waals surface area (Å²) in [5, 5.41) is 14.0. The number of amides is 1. The third-order valence-corrected chi connectivity index (χ3v) is 4.88. The van der Waals surface area contributed by atoms with Crippen LogP contribution in [0.2, 0.25) is 0 Å². The number of nitrogens with zero attached hydrogens (tertiary/aromatic N) is 5. The van der Waals surface area contributed by atoms with Crippen LogP contribution in [0.3, 0.4) is 0 Å². The van der Waals surface area contributed by atoms with Gasteiger partial charge in [-0.25, -0.2) is 4.98 Å². The molecule has 10 heteroatoms. The average molecular weight is 397 g/mol. The van der Waals surface area contributed by atoms with Gasteiger partial charge in [0.2, 0.25) is 5.91 Å². The second kappa shape index (κ2) is 9.11. The van der Waals surface area contributed by atoms with E-state index in [-0.39, 0.29) is 25.0 Å². The Kier molecular flexibility index (Phi) is 6.35. The molecule has 1 amide bonds. The summed E-state index contributed by atoms with van der Waals surface area (Å²) in [6, 6.07) is 3.85. The van der Waals surface area contributed by atoms with Gasteiger partial charge in [-0.1, -0.05) is 6.07 Å². The fourth-order valence-electron chi connectivity index (χ4n) is 3.40. The zero-order valence-corrected chi connectivity index (χ0v) is 16.2. The second-order valence-corrected chi connectivity index (χ2v) is 6.60. The molecular weight excluding hydrogens is 374 g/mol. The van der Waals surface area contributed by atoms with Gasteiger partial charge in [0.15, 0.2) is 0 Å². The summed E-state index contributed by atoms with van der Waals surface area (Å²) in [7, 11) is 1.85. The summed E-state index contributed by atoms with van der Waals surface area (Å²) in [6.45, 7) is 2.73. The van der Waals surface area contributed by atoms with E-state index < -0.39 is 0 Å². The fourth-order valence-corrected chi connectivity index (χ4v) is 3.40. The minimum absolute atomic E-state index is 0.0611. The van der Waals surface area contributed by atoms with Crippen LogP contribution in [0.15, 0.2) is 37.1 Å². The number of aryl methyl sites for hydroxylation is 1. The largest absolute Gasteiger partial charge is 0.483 e. The predicted molar refractivity (Wildman–Crippen MR) is 105 cm³/mol. The van der Waals surface area contributed by atoms with E-state index in [4.69, 9.17) is 9.90 Å². The van der Waals surface area contributed by atoms with Crippen molar-refractivity contribution < 1.29 is 14.7 Å². The number of imidazole rings is 1. The molecule has 3 N–H and O–H groups in total. The Bertz CT molecular complexity index is 967. The van der Waals surface area contributed by atoms with Crippen molar-refractivity contribution in [1.29, 1.82) is 0 Å². The molecule has 0 aliphatic carbocycles. The van der Waals surface area contributed by atoms with Gasteiger partial charge in [0, 0.05) is 38.1 Å². The van der Waals surface area contributed by atoms with Gasteiger partial charge < -0.3 is 15.4 Å². The number of carbonyl (C=O) groups is 2. The molecule has 3 aromatic rings. The fraction of sp³-hybridized carbons (Fsp3) is 0.316. The number of H-pyrrole nitrogens is 1. The van der Waals surface area contributed by atoms with Gasteiger partial charge in [-0.05, 0) is 18.6 Å². The first kappa shape index (κ1) is 20.2. The number of fused-ring (bicyclic) bond motifs is 1. The molecule has 29 heavy (non-hydrogen) atoms. The van der Waals surface area contributed by atoms with Gasteiger partial charge in [0.25, 0.3) is 6.47 Å². The zero-order valence-electron chi connectivity index (χ0n) is 16.2. The topological polar surface area (TPSA) is 129 Å². The molecular formula is C19H23N7O3. The lowest BCUT2D eigenvalue weighted by Gasteiger charge is -2.34. The number of hydrogen-bond acceptors (Lipinski definition) is 6. The molecule has 0 radical (unpaired) electrons. The molecule has 1 aliphatic heterocycles. The van der Waals surface area contributed by atoms with Crippen molar-refractivity contribution in [2.24, 2.45) is 7.05 Å². The van der Waals surface area contributed by atoms with Gasteiger partial charge in [-0.2, -0.15) is 5.10 Å². The molecule has 4 rings (SSSR count). The second-order valence-electron chi connectivity index (χ2n) is 6.60. The van der Waals surface area contributed by atoms with Crippen LogP contribution in [-0.2, 0) is 23.1 Å². The number of anilines is 1. The maximum absolute atomic E-state index is 12.6. The standard InChI is InChI=1S/C18H21N7O.CH2O2/c1-12-15(9-22-24(12)2)23-16(26)10-25-7-5-14-17(21-11-20-14)18(25)13-4-3-6-19-8-13;2-1-3/h3-4,6,8-9,11,18H,5,7,10H2,1-2H3,(H,20,21)(H,23,26);1H,(H,2,3). The van der Waals surface area contributed by atoms with Crippen LogP contribution in [0.25, 0.3) is 0 Å². The Morgan fingerprint density at radius 1 is 1.45 bits per heavy atom. The molecule has 0 spiro atoms. The van der Waals surface area contributed by atoms with E-state index in [1.54, 1.807) is 23.4 Å². The minimum atomic E-state index is -0.250. The Morgan fingerprint density at radius 2 is 2.24 bits per heavy atom. The van der Waals surface area contributed by atoms with Crippen LogP contribution >= 0.6 is 0 Å². The van der Waals surface area contributed by atoms with Crippen molar-refractivity contribution in [3.05, 3.63) is 59.7 Å². The van der Waals surface area contributed by atoms with E-state index in [0.717, 1.165) is 41.3 Å². The first-order chi connectivity index (χ1) is 14.0. The SMILES string of the molecule is Cc1c(NC(=O)CN2CCc3[nH]cnc3C2c2cccnc2)cnn1C.O=CO. The third kappa shape index (κ3) is 4.49. The van der Waals surface area contributed by atoms with E-state index in [9.17, 15) is 4.79 Å². The van der Waals surface area contributed by atoms with E-state index in [2.05, 4.69) is 30.3 Å². The van der Waals surface area contributed by atoms with Crippen molar-refractivity contribution in [3.63, 3.8) is 0 Å². The summed E-state index contributed by atoms with van der Waals surface area (Å²) < 4.78 is 1.74. The van der Waals surface area contributed by atoms with Crippen molar-refractivity contribution in [2.45, 2.75) is 19.4 Å². The summed E-state index contributed by atoms with van der Waals surface area (Å²) in [6.07, 6.45) is 7.82. The van der Waals surface area contributed by atoms with Gasteiger partial charge >= 0.3 is 0 Å². The van der Waals surface area contributed by atoms with Crippen molar-refractivity contribution in [3.8, 4) is 0 Å². The lowest BCUT2D eigenvalue weighted by molar-refractivity contribution is -0.123. The number of carboxylic acid groups (broad SMARTS) is 1. The van der Waals surface area contributed by atoms with Gasteiger partial charge in [-0.3, -0.25) is 24.2 Å². The summed E-state index contributed by atoms with van der Waals surface area (Å²) in [5.74, 6) is -0.0611. The van der Waals surface area contributed by atoms with Crippen molar-refractivity contribution in [2.75, 3.05) is 18.4 Å². The normalized spacial score (nSPS) is 15.7. The van der Waals surface area contributed by atoms with Crippen LogP contribution in [0.4, 0.5) is 5.69 Å².